The molecule has 2 nitrogen and oxygen atoms in total. The molecule has 1 aromatic carbocycles. The van der Waals surface area contributed by atoms with Crippen molar-refractivity contribution < 1.29 is 4.79 Å². The zero-order valence-electron chi connectivity index (χ0n) is 10.5. The van der Waals surface area contributed by atoms with Gasteiger partial charge in [-0.15, -0.1) is 0 Å². The van der Waals surface area contributed by atoms with Gasteiger partial charge in [0.1, 0.15) is 0 Å². The highest BCUT2D eigenvalue weighted by Crippen LogP contribution is 2.07. The van der Waals surface area contributed by atoms with Gasteiger partial charge in [0.25, 0.3) is 0 Å². The van der Waals surface area contributed by atoms with Crippen LogP contribution in [0, 0.1) is 0 Å². The molecule has 0 unspecified atom stereocenters. The molecule has 0 saturated heterocycles. The third-order valence-electron chi connectivity index (χ3n) is 2.70. The Hall–Kier alpha value is -1.25. The van der Waals surface area contributed by atoms with E-state index >= 15 is 0 Å². The Labute approximate surface area is 105 Å². The fraction of sp³-hybridized carbons (Fsp3) is 0.500. The Kier molecular flexibility index (Phi) is 6.45. The highest BCUT2D eigenvalue weighted by molar-refractivity contribution is 6.09. The third kappa shape index (κ3) is 5.57. The maximum Gasteiger partial charge on any atom is 0.219 e. The van der Waals surface area contributed by atoms with Gasteiger partial charge in [-0.05, 0) is 24.0 Å². The fourth-order valence-corrected chi connectivity index (χ4v) is 1.62. The normalized spacial score (nSPS) is 10.2. The Bertz CT molecular complexity index is 335. The summed E-state index contributed by atoms with van der Waals surface area (Å²) >= 11 is 0. The first kappa shape index (κ1) is 13.8. The summed E-state index contributed by atoms with van der Waals surface area (Å²) in [4.78, 5) is 11.2. The molecule has 1 amide bonds. The maximum atomic E-state index is 11.2. The van der Waals surface area contributed by atoms with Crippen LogP contribution in [0.15, 0.2) is 24.3 Å². The largest absolute Gasteiger partial charge is 0.352 e. The molecule has 0 fully saturated rings. The molecule has 0 aliphatic rings. The monoisotopic (exact) mass is 229 g/mol. The molecule has 90 valence electrons. The minimum atomic E-state index is 0.0163. The van der Waals surface area contributed by atoms with E-state index in [2.05, 4.69) is 36.5 Å². The lowest BCUT2D eigenvalue weighted by atomic mass is 10.0. The van der Waals surface area contributed by atoms with E-state index in [1.165, 1.54) is 18.4 Å². The molecule has 0 aliphatic heterocycles. The molecular formula is C14H20BNO. The van der Waals surface area contributed by atoms with E-state index < -0.39 is 0 Å². The predicted molar refractivity (Wildman–Crippen MR) is 72.1 cm³/mol. The zero-order chi connectivity index (χ0) is 12.5. The first-order valence-corrected chi connectivity index (χ1v) is 6.31. The van der Waals surface area contributed by atoms with Crippen LogP contribution >= 0.6 is 0 Å². The van der Waals surface area contributed by atoms with Crippen LogP contribution in [0.3, 0.4) is 0 Å². The summed E-state index contributed by atoms with van der Waals surface area (Å²) in [6.07, 6.45) is 4.39. The van der Waals surface area contributed by atoms with Gasteiger partial charge >= 0.3 is 0 Å². The van der Waals surface area contributed by atoms with Crippen molar-refractivity contribution in [1.82, 2.24) is 5.32 Å². The van der Waals surface area contributed by atoms with E-state index in [-0.39, 0.29) is 5.91 Å². The number of amides is 1. The van der Waals surface area contributed by atoms with Gasteiger partial charge in [0.15, 0.2) is 0 Å². The Morgan fingerprint density at radius 3 is 2.47 bits per heavy atom. The fourth-order valence-electron chi connectivity index (χ4n) is 1.62. The van der Waals surface area contributed by atoms with Crippen LogP contribution < -0.4 is 5.32 Å². The highest BCUT2D eigenvalue weighted by atomic mass is 16.1. The van der Waals surface area contributed by atoms with Crippen LogP contribution in [-0.4, -0.2) is 13.8 Å². The number of carbonyl (C=O) groups is 1. The smallest absolute Gasteiger partial charge is 0.219 e. The van der Waals surface area contributed by atoms with Crippen LogP contribution in [0.4, 0.5) is 0 Å². The van der Waals surface area contributed by atoms with Crippen molar-refractivity contribution in [2.45, 2.75) is 45.5 Å². The van der Waals surface area contributed by atoms with Gasteiger partial charge in [0.2, 0.25) is 5.91 Å². The summed E-state index contributed by atoms with van der Waals surface area (Å²) in [5, 5.41) is 2.84. The molecule has 0 spiro atoms. The maximum absolute atomic E-state index is 11.2. The zero-order valence-corrected chi connectivity index (χ0v) is 10.5. The number of unbranched alkanes of at least 4 members (excludes halogenated alkanes) is 1. The van der Waals surface area contributed by atoms with Gasteiger partial charge in [0.05, 0.1) is 7.85 Å². The van der Waals surface area contributed by atoms with Crippen molar-refractivity contribution in [3.63, 3.8) is 0 Å². The molecule has 2 radical (unpaired) electrons. The molecule has 0 heterocycles. The molecular weight excluding hydrogens is 209 g/mol. The molecule has 1 aromatic rings. The lowest BCUT2D eigenvalue weighted by Crippen LogP contribution is -2.22. The van der Waals surface area contributed by atoms with Crippen molar-refractivity contribution in [3.05, 3.63) is 35.4 Å². The van der Waals surface area contributed by atoms with Crippen LogP contribution in [0.1, 0.15) is 37.3 Å². The van der Waals surface area contributed by atoms with E-state index in [1.807, 2.05) is 0 Å². The first-order valence-electron chi connectivity index (χ1n) is 6.31. The summed E-state index contributed by atoms with van der Waals surface area (Å²) in [5.74, 6) is 0.0163. The molecule has 0 saturated carbocycles. The number of aryl methyl sites for hydroxylation is 1. The molecule has 0 aliphatic carbocycles. The first-order chi connectivity index (χ1) is 8.26. The van der Waals surface area contributed by atoms with E-state index in [1.54, 1.807) is 0 Å². The predicted octanol–water partition coefficient (Wildman–Crippen LogP) is 2.62. The molecule has 0 bridgehead atoms. The Balaban J connectivity index is 2.37. The summed E-state index contributed by atoms with van der Waals surface area (Å²) in [7, 11) is 5.30. The second kappa shape index (κ2) is 7.94. The minimum Gasteiger partial charge on any atom is -0.352 e. The number of hydrogen-bond donors (Lipinski definition) is 1. The number of carbonyl (C=O) groups excluding carboxylic acids is 1. The van der Waals surface area contributed by atoms with Gasteiger partial charge in [-0.25, -0.2) is 0 Å². The average Bonchev–Trinajstić information content (AvgIpc) is 2.35. The topological polar surface area (TPSA) is 29.1 Å². The Morgan fingerprint density at radius 1 is 1.24 bits per heavy atom. The molecule has 0 aromatic heterocycles. The molecule has 1 N–H and O–H groups in total. The number of rotatable bonds is 7. The SMILES string of the molecule is [B]CCC(=O)NCc1ccc(CCCC)cc1. The lowest BCUT2D eigenvalue weighted by molar-refractivity contribution is -0.120. The molecule has 0 atom stereocenters. The average molecular weight is 229 g/mol. The molecule has 17 heavy (non-hydrogen) atoms. The van der Waals surface area contributed by atoms with Crippen molar-refractivity contribution in [3.8, 4) is 0 Å². The van der Waals surface area contributed by atoms with E-state index in [0.717, 1.165) is 12.0 Å². The van der Waals surface area contributed by atoms with Gasteiger partial charge in [-0.2, -0.15) is 0 Å². The van der Waals surface area contributed by atoms with Crippen molar-refractivity contribution in [2.24, 2.45) is 0 Å². The standard InChI is InChI=1S/C14H20BNO/c1-2-3-4-12-5-7-13(8-6-12)11-16-14(17)9-10-15/h5-8H,2-4,9-11H2,1H3,(H,16,17). The van der Waals surface area contributed by atoms with Crippen LogP contribution in [0.2, 0.25) is 6.32 Å². The highest BCUT2D eigenvalue weighted by Gasteiger charge is 1.99. The van der Waals surface area contributed by atoms with Gasteiger partial charge in [-0.1, -0.05) is 43.9 Å². The van der Waals surface area contributed by atoms with Crippen LogP contribution in [0.5, 0.6) is 0 Å². The second-order valence-corrected chi connectivity index (χ2v) is 4.24. The summed E-state index contributed by atoms with van der Waals surface area (Å²) in [6.45, 7) is 2.79. The van der Waals surface area contributed by atoms with Gasteiger partial charge < -0.3 is 5.32 Å². The van der Waals surface area contributed by atoms with Gasteiger partial charge in [-0.3, -0.25) is 4.79 Å². The number of nitrogens with one attached hydrogen (secondary N) is 1. The number of benzene rings is 1. The number of hydrogen-bond acceptors (Lipinski definition) is 1. The van der Waals surface area contributed by atoms with Crippen molar-refractivity contribution >= 4 is 13.8 Å². The molecule has 1 rings (SSSR count). The van der Waals surface area contributed by atoms with Gasteiger partial charge in [0, 0.05) is 13.0 Å². The second-order valence-electron chi connectivity index (χ2n) is 4.24. The quantitative estimate of drug-likeness (QED) is 0.715. The van der Waals surface area contributed by atoms with Crippen molar-refractivity contribution in [2.75, 3.05) is 0 Å². The summed E-state index contributed by atoms with van der Waals surface area (Å²) < 4.78 is 0. The lowest BCUT2D eigenvalue weighted by Gasteiger charge is -2.06. The summed E-state index contributed by atoms with van der Waals surface area (Å²) in [6, 6.07) is 8.43. The third-order valence-corrected chi connectivity index (χ3v) is 2.70. The van der Waals surface area contributed by atoms with Crippen molar-refractivity contribution in [1.29, 1.82) is 0 Å². The van der Waals surface area contributed by atoms with Crippen LogP contribution in [0.25, 0.3) is 0 Å². The van der Waals surface area contributed by atoms with E-state index in [9.17, 15) is 4.79 Å². The Morgan fingerprint density at radius 2 is 1.88 bits per heavy atom. The summed E-state index contributed by atoms with van der Waals surface area (Å²) in [5.41, 5.74) is 2.50. The van der Waals surface area contributed by atoms with E-state index in [0.29, 0.717) is 19.3 Å². The van der Waals surface area contributed by atoms with Crippen LogP contribution in [-0.2, 0) is 17.8 Å². The molecule has 3 heteroatoms. The minimum absolute atomic E-state index is 0.0163. The van der Waals surface area contributed by atoms with E-state index in [4.69, 9.17) is 7.85 Å².